The van der Waals surface area contributed by atoms with Gasteiger partial charge in [0, 0.05) is 0 Å². The van der Waals surface area contributed by atoms with E-state index in [0.717, 1.165) is 35.6 Å². The van der Waals surface area contributed by atoms with Crippen molar-refractivity contribution < 1.29 is 17.9 Å². The minimum Gasteiger partial charge on any atom is -0.461 e. The Kier molecular flexibility index (Phi) is 6.95. The summed E-state index contributed by atoms with van der Waals surface area (Å²) in [5, 5.41) is 1.19. The van der Waals surface area contributed by atoms with Gasteiger partial charge in [-0.3, -0.25) is 4.79 Å². The minimum atomic E-state index is -3.63. The lowest BCUT2D eigenvalue weighted by Crippen LogP contribution is -2.41. The third kappa shape index (κ3) is 4.73. The number of fused-ring (bicyclic) bond motifs is 1. The third-order valence-electron chi connectivity index (χ3n) is 6.42. The summed E-state index contributed by atoms with van der Waals surface area (Å²) >= 11 is 0. The van der Waals surface area contributed by atoms with Crippen LogP contribution in [0.4, 0.5) is 0 Å². The van der Waals surface area contributed by atoms with E-state index in [0.29, 0.717) is 24.2 Å². The second-order valence-electron chi connectivity index (χ2n) is 8.60. The Balaban J connectivity index is 1.59. The van der Waals surface area contributed by atoms with Crippen LogP contribution in [-0.2, 0) is 19.4 Å². The molecule has 4 rings (SSSR count). The summed E-state index contributed by atoms with van der Waals surface area (Å²) < 4.78 is 33.1. The number of sulfone groups is 1. The van der Waals surface area contributed by atoms with Crippen LogP contribution in [0.1, 0.15) is 56.9 Å². The molecule has 1 aliphatic carbocycles. The average Bonchev–Trinajstić information content (AvgIpc) is 2.83. The van der Waals surface area contributed by atoms with Gasteiger partial charge in [0.2, 0.25) is 0 Å². The molecule has 1 saturated carbocycles. The number of benzene rings is 3. The molecule has 0 aliphatic heterocycles. The summed E-state index contributed by atoms with van der Waals surface area (Å²) in [6, 6.07) is 22.6. The summed E-state index contributed by atoms with van der Waals surface area (Å²) in [6.07, 6.45) is 3.69. The molecular weight excluding hydrogens is 420 g/mol. The largest absolute Gasteiger partial charge is 0.461 e. The van der Waals surface area contributed by atoms with E-state index in [1.165, 1.54) is 0 Å². The van der Waals surface area contributed by atoms with Gasteiger partial charge in [0.15, 0.2) is 9.84 Å². The highest BCUT2D eigenvalue weighted by Crippen LogP contribution is 2.34. The molecule has 5 heteroatoms. The Morgan fingerprint density at radius 2 is 1.62 bits per heavy atom. The predicted octanol–water partition coefficient (Wildman–Crippen LogP) is 6.05. The number of hydrogen-bond donors (Lipinski definition) is 0. The fourth-order valence-electron chi connectivity index (χ4n) is 4.70. The molecule has 0 saturated heterocycles. The number of esters is 1. The van der Waals surface area contributed by atoms with Crippen LogP contribution >= 0.6 is 0 Å². The van der Waals surface area contributed by atoms with E-state index in [2.05, 4.69) is 0 Å². The van der Waals surface area contributed by atoms with Crippen molar-refractivity contribution in [3.63, 3.8) is 0 Å². The van der Waals surface area contributed by atoms with E-state index in [1.807, 2.05) is 67.6 Å². The van der Waals surface area contributed by atoms with Crippen molar-refractivity contribution in [1.29, 1.82) is 0 Å². The van der Waals surface area contributed by atoms with Crippen LogP contribution in [0.3, 0.4) is 0 Å². The molecule has 0 heterocycles. The Morgan fingerprint density at radius 3 is 2.38 bits per heavy atom. The highest BCUT2D eigenvalue weighted by atomic mass is 32.2. The van der Waals surface area contributed by atoms with E-state index >= 15 is 0 Å². The van der Waals surface area contributed by atoms with E-state index < -0.39 is 21.2 Å². The normalized spacial score (nSPS) is 20.0. The number of rotatable bonds is 7. The molecule has 0 unspecified atom stereocenters. The summed E-state index contributed by atoms with van der Waals surface area (Å²) in [4.78, 5) is 13.5. The van der Waals surface area contributed by atoms with Gasteiger partial charge >= 0.3 is 5.97 Å². The van der Waals surface area contributed by atoms with Crippen molar-refractivity contribution in [1.82, 2.24) is 0 Å². The van der Waals surface area contributed by atoms with Gasteiger partial charge < -0.3 is 4.74 Å². The van der Waals surface area contributed by atoms with Crippen molar-refractivity contribution in [3.8, 4) is 0 Å². The molecular formula is C27H30O4S. The van der Waals surface area contributed by atoms with Crippen LogP contribution in [-0.4, -0.2) is 25.7 Å². The number of carbonyl (C=O) groups excluding carboxylic acids is 1. The molecule has 0 bridgehead atoms. The van der Waals surface area contributed by atoms with Crippen LogP contribution in [0.15, 0.2) is 77.7 Å². The first-order valence-electron chi connectivity index (χ1n) is 11.5. The zero-order chi connectivity index (χ0) is 22.6. The Bertz CT molecular complexity index is 1170. The van der Waals surface area contributed by atoms with Crippen LogP contribution < -0.4 is 0 Å². The molecule has 0 radical (unpaired) electrons. The Labute approximate surface area is 190 Å². The molecule has 4 nitrogen and oxygen atoms in total. The van der Waals surface area contributed by atoms with E-state index in [9.17, 15) is 13.2 Å². The van der Waals surface area contributed by atoms with Gasteiger partial charge in [-0.15, -0.1) is 0 Å². The maximum Gasteiger partial charge on any atom is 0.313 e. The molecule has 3 aromatic carbocycles. The van der Waals surface area contributed by atoms with Gasteiger partial charge in [-0.25, -0.2) is 8.42 Å². The molecule has 0 aromatic heterocycles. The van der Waals surface area contributed by atoms with Crippen molar-refractivity contribution in [2.24, 2.45) is 0 Å². The summed E-state index contributed by atoms with van der Waals surface area (Å²) in [5.74, 6) is -0.684. The SMILES string of the molecule is CCC[C@@H](C(=O)O[C@H]1CCCC[C@@H]1S(=O)(=O)c1ccc2ccccc2c1)c1ccccc1. The van der Waals surface area contributed by atoms with Crippen molar-refractivity contribution >= 4 is 26.6 Å². The molecule has 0 spiro atoms. The molecule has 1 aliphatic rings. The van der Waals surface area contributed by atoms with Gasteiger partial charge in [0.25, 0.3) is 0 Å². The molecule has 3 atom stereocenters. The van der Waals surface area contributed by atoms with Gasteiger partial charge in [0.1, 0.15) is 11.4 Å². The third-order valence-corrected chi connectivity index (χ3v) is 8.67. The fourth-order valence-corrected chi connectivity index (χ4v) is 6.66. The topological polar surface area (TPSA) is 60.4 Å². The first-order valence-corrected chi connectivity index (χ1v) is 13.0. The molecule has 32 heavy (non-hydrogen) atoms. The predicted molar refractivity (Wildman–Crippen MR) is 127 cm³/mol. The number of carbonyl (C=O) groups is 1. The quantitative estimate of drug-likeness (QED) is 0.411. The summed E-state index contributed by atoms with van der Waals surface area (Å²) in [6.45, 7) is 2.04. The molecule has 3 aromatic rings. The Morgan fingerprint density at radius 1 is 0.938 bits per heavy atom. The van der Waals surface area contributed by atoms with Crippen LogP contribution in [0.5, 0.6) is 0 Å². The van der Waals surface area contributed by atoms with Crippen LogP contribution in [0.2, 0.25) is 0 Å². The van der Waals surface area contributed by atoms with E-state index in [-0.39, 0.29) is 11.9 Å². The second-order valence-corrected chi connectivity index (χ2v) is 10.8. The monoisotopic (exact) mass is 450 g/mol. The lowest BCUT2D eigenvalue weighted by Gasteiger charge is -2.32. The maximum atomic E-state index is 13.6. The molecule has 1 fully saturated rings. The second kappa shape index (κ2) is 9.86. The molecule has 0 N–H and O–H groups in total. The Hall–Kier alpha value is -2.66. The lowest BCUT2D eigenvalue weighted by molar-refractivity contribution is -0.152. The van der Waals surface area contributed by atoms with Gasteiger partial charge in [0.05, 0.1) is 10.8 Å². The standard InChI is InChI=1S/C27H30O4S/c1-2-10-24(21-12-4-3-5-13-21)27(28)31-25-15-8-9-16-26(25)32(29,30)23-18-17-20-11-6-7-14-22(20)19-23/h3-7,11-14,17-19,24-26H,2,8-10,15-16H2,1H3/t24-,25+,26+/m1/s1. The van der Waals surface area contributed by atoms with Gasteiger partial charge in [-0.1, -0.05) is 80.4 Å². The fraction of sp³-hybridized carbons (Fsp3) is 0.370. The zero-order valence-electron chi connectivity index (χ0n) is 18.4. The number of ether oxygens (including phenoxy) is 1. The summed E-state index contributed by atoms with van der Waals surface area (Å²) in [5.41, 5.74) is 0.920. The van der Waals surface area contributed by atoms with Crippen molar-refractivity contribution in [3.05, 3.63) is 78.4 Å². The minimum absolute atomic E-state index is 0.303. The highest BCUT2D eigenvalue weighted by molar-refractivity contribution is 7.92. The maximum absolute atomic E-state index is 13.6. The van der Waals surface area contributed by atoms with E-state index in [4.69, 9.17) is 4.74 Å². The first-order chi connectivity index (χ1) is 15.5. The summed E-state index contributed by atoms with van der Waals surface area (Å²) in [7, 11) is -3.63. The smallest absolute Gasteiger partial charge is 0.313 e. The first kappa shape index (κ1) is 22.5. The average molecular weight is 451 g/mol. The van der Waals surface area contributed by atoms with E-state index in [1.54, 1.807) is 12.1 Å². The lowest BCUT2D eigenvalue weighted by atomic mass is 9.93. The molecule has 168 valence electrons. The van der Waals surface area contributed by atoms with Crippen LogP contribution in [0.25, 0.3) is 10.8 Å². The zero-order valence-corrected chi connectivity index (χ0v) is 19.3. The van der Waals surface area contributed by atoms with Crippen molar-refractivity contribution in [2.75, 3.05) is 0 Å². The van der Waals surface area contributed by atoms with Crippen LogP contribution in [0, 0.1) is 0 Å². The van der Waals surface area contributed by atoms with Crippen molar-refractivity contribution in [2.45, 2.75) is 67.6 Å². The molecule has 0 amide bonds. The number of hydrogen-bond acceptors (Lipinski definition) is 4. The van der Waals surface area contributed by atoms with Gasteiger partial charge in [-0.2, -0.15) is 0 Å². The van der Waals surface area contributed by atoms with Gasteiger partial charge in [-0.05, 0) is 54.2 Å². The highest BCUT2D eigenvalue weighted by Gasteiger charge is 2.40.